The molecule has 2 rings (SSSR count). The Hall–Kier alpha value is -1.16. The van der Waals surface area contributed by atoms with Crippen molar-refractivity contribution in [1.82, 2.24) is 20.4 Å². The van der Waals surface area contributed by atoms with E-state index in [1.165, 1.54) is 5.56 Å². The first-order valence-corrected chi connectivity index (χ1v) is 7.91. The van der Waals surface area contributed by atoms with E-state index in [-0.39, 0.29) is 24.0 Å². The van der Waals surface area contributed by atoms with Gasteiger partial charge in [0.1, 0.15) is 6.54 Å². The first-order chi connectivity index (χ1) is 10.6. The van der Waals surface area contributed by atoms with E-state index in [1.807, 2.05) is 26.1 Å². The molecule has 8 heteroatoms. The van der Waals surface area contributed by atoms with Gasteiger partial charge in [-0.1, -0.05) is 33.2 Å². The van der Waals surface area contributed by atoms with Crippen LogP contribution in [0.15, 0.2) is 38.3 Å². The smallest absolute Gasteiger partial charge is 0.248 e. The lowest BCUT2D eigenvalue weighted by Crippen LogP contribution is -2.38. The van der Waals surface area contributed by atoms with Crippen molar-refractivity contribution in [3.63, 3.8) is 0 Å². The quantitative estimate of drug-likeness (QED) is 0.393. The van der Waals surface area contributed by atoms with Gasteiger partial charge < -0.3 is 14.7 Å². The van der Waals surface area contributed by atoms with Crippen LogP contribution in [0, 0.1) is 6.92 Å². The normalized spacial score (nSPS) is 11.0. The van der Waals surface area contributed by atoms with Gasteiger partial charge in [0.25, 0.3) is 0 Å². The summed E-state index contributed by atoms with van der Waals surface area (Å²) in [6.07, 6.45) is 0. The Morgan fingerprint density at radius 1 is 1.35 bits per heavy atom. The number of rotatable bonds is 5. The summed E-state index contributed by atoms with van der Waals surface area (Å²) in [7, 11) is 2.00. The van der Waals surface area contributed by atoms with E-state index in [0.29, 0.717) is 18.3 Å². The number of aromatic nitrogens is 2. The van der Waals surface area contributed by atoms with E-state index in [4.69, 9.17) is 4.52 Å². The maximum absolute atomic E-state index is 5.08. The van der Waals surface area contributed by atoms with Crippen molar-refractivity contribution < 1.29 is 4.52 Å². The number of aliphatic imine (C=N–C) groups is 1. The number of halogens is 2. The first-order valence-electron chi connectivity index (χ1n) is 7.11. The molecule has 0 aliphatic carbocycles. The van der Waals surface area contributed by atoms with Gasteiger partial charge in [0, 0.05) is 24.6 Å². The molecule has 0 fully saturated rings. The topological polar surface area (TPSA) is 66.5 Å². The highest BCUT2D eigenvalue weighted by atomic mass is 127. The number of hydrogen-bond acceptors (Lipinski definition) is 4. The molecule has 1 aromatic heterocycles. The minimum absolute atomic E-state index is 0. The second kappa shape index (κ2) is 9.86. The van der Waals surface area contributed by atoms with Crippen molar-refractivity contribution in [3.05, 3.63) is 46.0 Å². The van der Waals surface area contributed by atoms with Gasteiger partial charge in [-0.3, -0.25) is 0 Å². The molecule has 0 spiro atoms. The Morgan fingerprint density at radius 3 is 2.61 bits per heavy atom. The lowest BCUT2D eigenvalue weighted by molar-refractivity contribution is 0.375. The molecule has 1 heterocycles. The fourth-order valence-electron chi connectivity index (χ4n) is 1.96. The third kappa shape index (κ3) is 6.46. The van der Waals surface area contributed by atoms with Gasteiger partial charge in [-0.2, -0.15) is 4.98 Å². The summed E-state index contributed by atoms with van der Waals surface area (Å²) in [5.41, 5.74) is 1.21. The van der Waals surface area contributed by atoms with Crippen molar-refractivity contribution in [2.75, 3.05) is 13.6 Å². The molecule has 0 bridgehead atoms. The number of aryl methyl sites for hydroxylation is 1. The van der Waals surface area contributed by atoms with Crippen LogP contribution in [0.5, 0.6) is 0 Å². The molecule has 23 heavy (non-hydrogen) atoms. The fourth-order valence-corrected chi connectivity index (χ4v) is 2.22. The van der Waals surface area contributed by atoms with Gasteiger partial charge >= 0.3 is 0 Å². The van der Waals surface area contributed by atoms with Crippen molar-refractivity contribution in [2.24, 2.45) is 4.99 Å². The van der Waals surface area contributed by atoms with Crippen LogP contribution in [0.25, 0.3) is 0 Å². The third-order valence-electron chi connectivity index (χ3n) is 2.96. The maximum Gasteiger partial charge on any atom is 0.248 e. The first kappa shape index (κ1) is 19.9. The zero-order valence-electron chi connectivity index (χ0n) is 13.4. The molecule has 1 aromatic carbocycles. The molecule has 2 aromatic rings. The van der Waals surface area contributed by atoms with E-state index in [2.05, 4.69) is 53.4 Å². The summed E-state index contributed by atoms with van der Waals surface area (Å²) in [5, 5.41) is 7.04. The van der Waals surface area contributed by atoms with E-state index < -0.39 is 0 Å². The Labute approximate surface area is 161 Å². The zero-order chi connectivity index (χ0) is 15.9. The lowest BCUT2D eigenvalue weighted by atomic mass is 10.2. The Kier molecular flexibility index (Phi) is 8.53. The summed E-state index contributed by atoms with van der Waals surface area (Å²) < 4.78 is 6.16. The second-order valence-corrected chi connectivity index (χ2v) is 5.80. The second-order valence-electron chi connectivity index (χ2n) is 4.89. The van der Waals surface area contributed by atoms with Gasteiger partial charge in [-0.25, -0.2) is 4.99 Å². The SMILES string of the molecule is CCNC(=NCc1nc(C)no1)N(C)Cc1ccc(Br)cc1.I. The molecular weight excluding hydrogens is 473 g/mol. The largest absolute Gasteiger partial charge is 0.357 e. The number of benzene rings is 1. The van der Waals surface area contributed by atoms with Crippen LogP contribution >= 0.6 is 39.9 Å². The van der Waals surface area contributed by atoms with E-state index in [1.54, 1.807) is 6.92 Å². The molecule has 6 nitrogen and oxygen atoms in total. The van der Waals surface area contributed by atoms with Crippen LogP contribution in [0.1, 0.15) is 24.2 Å². The van der Waals surface area contributed by atoms with Gasteiger partial charge in [0.15, 0.2) is 11.8 Å². The predicted octanol–water partition coefficient (Wildman–Crippen LogP) is 3.36. The third-order valence-corrected chi connectivity index (χ3v) is 3.49. The molecule has 0 aliphatic rings. The van der Waals surface area contributed by atoms with Crippen LogP contribution in [-0.4, -0.2) is 34.6 Å². The molecule has 126 valence electrons. The number of nitrogens with one attached hydrogen (secondary N) is 1. The number of guanidine groups is 1. The Balaban J connectivity index is 0.00000264. The summed E-state index contributed by atoms with van der Waals surface area (Å²) >= 11 is 3.45. The predicted molar refractivity (Wildman–Crippen MR) is 105 cm³/mol. The molecule has 0 saturated carbocycles. The standard InChI is InChI=1S/C15H20BrN5O.HI/c1-4-17-15(18-9-14-19-11(2)20-22-14)21(3)10-12-5-7-13(16)8-6-12;/h5-8H,4,9-10H2,1-3H3,(H,17,18);1H. The van der Waals surface area contributed by atoms with E-state index in [0.717, 1.165) is 23.5 Å². The van der Waals surface area contributed by atoms with Gasteiger partial charge in [-0.15, -0.1) is 24.0 Å². The summed E-state index contributed by atoms with van der Waals surface area (Å²) in [6.45, 7) is 5.77. The van der Waals surface area contributed by atoms with Crippen molar-refractivity contribution in [2.45, 2.75) is 26.9 Å². The van der Waals surface area contributed by atoms with Gasteiger partial charge in [0.2, 0.25) is 5.89 Å². The highest BCUT2D eigenvalue weighted by Gasteiger charge is 2.08. The Bertz CT molecular complexity index is 629. The van der Waals surface area contributed by atoms with Crippen molar-refractivity contribution >= 4 is 45.9 Å². The Morgan fingerprint density at radius 2 is 2.04 bits per heavy atom. The molecule has 0 aliphatic heterocycles. The highest BCUT2D eigenvalue weighted by molar-refractivity contribution is 14.0. The van der Waals surface area contributed by atoms with Crippen LogP contribution in [0.2, 0.25) is 0 Å². The van der Waals surface area contributed by atoms with E-state index >= 15 is 0 Å². The van der Waals surface area contributed by atoms with Crippen molar-refractivity contribution in [3.8, 4) is 0 Å². The number of hydrogen-bond donors (Lipinski definition) is 1. The lowest BCUT2D eigenvalue weighted by Gasteiger charge is -2.22. The van der Waals surface area contributed by atoms with Crippen LogP contribution in [0.4, 0.5) is 0 Å². The fraction of sp³-hybridized carbons (Fsp3) is 0.400. The average molecular weight is 494 g/mol. The molecule has 0 saturated heterocycles. The summed E-state index contributed by atoms with van der Waals surface area (Å²) in [6, 6.07) is 8.25. The summed E-state index contributed by atoms with van der Waals surface area (Å²) in [4.78, 5) is 10.8. The van der Waals surface area contributed by atoms with Crippen LogP contribution in [-0.2, 0) is 13.1 Å². The minimum atomic E-state index is 0. The molecule has 0 atom stereocenters. The molecule has 1 N–H and O–H groups in total. The monoisotopic (exact) mass is 493 g/mol. The minimum Gasteiger partial charge on any atom is -0.357 e. The van der Waals surface area contributed by atoms with Gasteiger partial charge in [-0.05, 0) is 31.5 Å². The highest BCUT2D eigenvalue weighted by Crippen LogP contribution is 2.12. The molecule has 0 unspecified atom stereocenters. The summed E-state index contributed by atoms with van der Waals surface area (Å²) in [5.74, 6) is 1.95. The zero-order valence-corrected chi connectivity index (χ0v) is 17.3. The molecule has 0 amide bonds. The molecular formula is C15H21BrIN5O. The maximum atomic E-state index is 5.08. The van der Waals surface area contributed by atoms with Crippen LogP contribution in [0.3, 0.4) is 0 Å². The molecule has 0 radical (unpaired) electrons. The van der Waals surface area contributed by atoms with Crippen molar-refractivity contribution in [1.29, 1.82) is 0 Å². The van der Waals surface area contributed by atoms with Crippen LogP contribution < -0.4 is 5.32 Å². The number of nitrogens with zero attached hydrogens (tertiary/aromatic N) is 4. The van der Waals surface area contributed by atoms with Gasteiger partial charge in [0.05, 0.1) is 0 Å². The average Bonchev–Trinajstić information content (AvgIpc) is 2.91. The van der Waals surface area contributed by atoms with E-state index in [9.17, 15) is 0 Å².